The van der Waals surface area contributed by atoms with Gasteiger partial charge in [-0.1, -0.05) is 12.1 Å². The Bertz CT molecular complexity index is 883. The predicted molar refractivity (Wildman–Crippen MR) is 133 cm³/mol. The first-order chi connectivity index (χ1) is 16.1. The molecule has 1 rings (SSSR count). The Labute approximate surface area is 206 Å². The third-order valence-corrected chi connectivity index (χ3v) is 4.35. The number of nitrogens with zero attached hydrogens (tertiary/aromatic N) is 1. The maximum absolute atomic E-state index is 13.0. The van der Waals surface area contributed by atoms with Crippen molar-refractivity contribution >= 4 is 23.9 Å². The molecule has 11 nitrogen and oxygen atoms in total. The van der Waals surface area contributed by atoms with E-state index in [1.807, 2.05) is 20.8 Å². The van der Waals surface area contributed by atoms with Gasteiger partial charge < -0.3 is 36.7 Å². The van der Waals surface area contributed by atoms with Crippen molar-refractivity contribution in [2.45, 2.75) is 84.1 Å². The van der Waals surface area contributed by atoms with Gasteiger partial charge in [-0.2, -0.15) is 0 Å². The molecule has 0 bridgehead atoms. The van der Waals surface area contributed by atoms with E-state index in [-0.39, 0.29) is 30.9 Å². The van der Waals surface area contributed by atoms with Gasteiger partial charge in [0.1, 0.15) is 29.0 Å². The number of amides is 2. The van der Waals surface area contributed by atoms with E-state index in [0.717, 1.165) is 5.56 Å². The highest BCUT2D eigenvalue weighted by Gasteiger charge is 2.28. The number of hydrogen-bond donors (Lipinski definition) is 5. The van der Waals surface area contributed by atoms with E-state index < -0.39 is 35.7 Å². The molecule has 0 fully saturated rings. The van der Waals surface area contributed by atoms with E-state index in [1.54, 1.807) is 45.0 Å². The van der Waals surface area contributed by atoms with Gasteiger partial charge in [-0.15, -0.1) is 0 Å². The third kappa shape index (κ3) is 13.1. The van der Waals surface area contributed by atoms with Crippen LogP contribution >= 0.6 is 0 Å². The molecule has 1 aromatic carbocycles. The first kappa shape index (κ1) is 29.5. The van der Waals surface area contributed by atoms with E-state index >= 15 is 0 Å². The first-order valence-electron chi connectivity index (χ1n) is 11.4. The number of carbonyl (C=O) groups is 3. The lowest BCUT2D eigenvalue weighted by Gasteiger charge is -2.25. The quantitative estimate of drug-likeness (QED) is 0.176. The van der Waals surface area contributed by atoms with Gasteiger partial charge in [0.25, 0.3) is 0 Å². The lowest BCUT2D eigenvalue weighted by atomic mass is 10.0. The van der Waals surface area contributed by atoms with Crippen molar-refractivity contribution in [1.29, 1.82) is 0 Å². The van der Waals surface area contributed by atoms with Crippen LogP contribution in [-0.2, 0) is 20.7 Å². The van der Waals surface area contributed by atoms with Gasteiger partial charge >= 0.3 is 12.1 Å². The molecule has 2 amide bonds. The van der Waals surface area contributed by atoms with E-state index in [1.165, 1.54) is 0 Å². The highest BCUT2D eigenvalue weighted by molar-refractivity contribution is 5.89. The number of carboxylic acid groups (broad SMARTS) is 1. The molecule has 0 radical (unpaired) electrons. The summed E-state index contributed by atoms with van der Waals surface area (Å²) in [5, 5.41) is 14.6. The predicted octanol–water partition coefficient (Wildman–Crippen LogP) is 1.92. The average molecular weight is 494 g/mol. The highest BCUT2D eigenvalue weighted by atomic mass is 16.6. The molecule has 0 aliphatic rings. The molecule has 0 saturated heterocycles. The zero-order valence-electron chi connectivity index (χ0n) is 21.4. The molecule has 0 heterocycles. The van der Waals surface area contributed by atoms with Gasteiger partial charge in [0.15, 0.2) is 5.96 Å². The summed E-state index contributed by atoms with van der Waals surface area (Å²) in [5.41, 5.74) is 10.1. The number of aliphatic imine (C=N–C) groups is 1. The lowest BCUT2D eigenvalue weighted by molar-refractivity contribution is -0.142. The zero-order valence-corrected chi connectivity index (χ0v) is 21.4. The molecule has 35 heavy (non-hydrogen) atoms. The van der Waals surface area contributed by atoms with Crippen LogP contribution in [0.3, 0.4) is 0 Å². The van der Waals surface area contributed by atoms with Crippen LogP contribution in [0.5, 0.6) is 5.75 Å². The van der Waals surface area contributed by atoms with Crippen LogP contribution in [0.1, 0.15) is 59.9 Å². The second-order valence-electron chi connectivity index (χ2n) is 10.1. The van der Waals surface area contributed by atoms with Crippen molar-refractivity contribution in [3.63, 3.8) is 0 Å². The smallest absolute Gasteiger partial charge is 0.408 e. The Balaban J connectivity index is 2.99. The Morgan fingerprint density at radius 1 is 0.971 bits per heavy atom. The van der Waals surface area contributed by atoms with Crippen molar-refractivity contribution in [3.05, 3.63) is 29.8 Å². The number of hydrogen-bond acceptors (Lipinski definition) is 6. The Kier molecular flexibility index (Phi) is 10.8. The average Bonchev–Trinajstić information content (AvgIpc) is 2.68. The summed E-state index contributed by atoms with van der Waals surface area (Å²) < 4.78 is 11.1. The van der Waals surface area contributed by atoms with Gasteiger partial charge in [-0.25, -0.2) is 9.59 Å². The SMILES string of the molecule is CC(C)(C)OC(=O)NC(Cc1ccc(OC(C)(C)C)cc1)C(=O)NC(CCCN=C(N)N)C(=O)O. The summed E-state index contributed by atoms with van der Waals surface area (Å²) >= 11 is 0. The molecule has 0 aliphatic carbocycles. The van der Waals surface area contributed by atoms with E-state index in [2.05, 4.69) is 15.6 Å². The molecule has 0 saturated carbocycles. The van der Waals surface area contributed by atoms with Crippen LogP contribution in [0.4, 0.5) is 4.79 Å². The normalized spacial score (nSPS) is 13.2. The largest absolute Gasteiger partial charge is 0.488 e. The lowest BCUT2D eigenvalue weighted by Crippen LogP contribution is -2.53. The summed E-state index contributed by atoms with van der Waals surface area (Å²) in [4.78, 5) is 40.9. The molecule has 11 heteroatoms. The molecule has 196 valence electrons. The third-order valence-electron chi connectivity index (χ3n) is 4.35. The molecule has 2 unspecified atom stereocenters. The number of aliphatic carboxylic acids is 1. The number of benzene rings is 1. The van der Waals surface area contributed by atoms with Gasteiger partial charge in [0, 0.05) is 13.0 Å². The van der Waals surface area contributed by atoms with Crippen LogP contribution in [0.15, 0.2) is 29.3 Å². The van der Waals surface area contributed by atoms with Crippen LogP contribution in [0, 0.1) is 0 Å². The molecule has 1 aromatic rings. The minimum atomic E-state index is -1.21. The second kappa shape index (κ2) is 12.8. The van der Waals surface area contributed by atoms with E-state index in [9.17, 15) is 19.5 Å². The fourth-order valence-corrected chi connectivity index (χ4v) is 2.98. The van der Waals surface area contributed by atoms with Crippen molar-refractivity contribution in [1.82, 2.24) is 10.6 Å². The number of ether oxygens (including phenoxy) is 2. The zero-order chi connectivity index (χ0) is 26.8. The topological polar surface area (TPSA) is 178 Å². The maximum atomic E-state index is 13.0. The first-order valence-corrected chi connectivity index (χ1v) is 11.4. The summed E-state index contributed by atoms with van der Waals surface area (Å²) in [7, 11) is 0. The van der Waals surface area contributed by atoms with Crippen LogP contribution < -0.4 is 26.8 Å². The minimum absolute atomic E-state index is 0.0959. The van der Waals surface area contributed by atoms with Crippen LogP contribution in [0.2, 0.25) is 0 Å². The fourth-order valence-electron chi connectivity index (χ4n) is 2.98. The van der Waals surface area contributed by atoms with Gasteiger partial charge in [0.05, 0.1) is 0 Å². The van der Waals surface area contributed by atoms with E-state index in [0.29, 0.717) is 12.2 Å². The molecule has 0 aliphatic heterocycles. The summed E-state index contributed by atoms with van der Waals surface area (Å²) in [6, 6.07) is 4.85. The summed E-state index contributed by atoms with van der Waals surface area (Å²) in [6.07, 6.45) is -0.226. The molecule has 7 N–H and O–H groups in total. The number of alkyl carbamates (subject to hydrolysis) is 1. The highest BCUT2D eigenvalue weighted by Crippen LogP contribution is 2.19. The number of nitrogens with two attached hydrogens (primary N) is 2. The molecular formula is C24H39N5O6. The number of carboxylic acids is 1. The van der Waals surface area contributed by atoms with Gasteiger partial charge in [-0.05, 0) is 72.1 Å². The van der Waals surface area contributed by atoms with Crippen LogP contribution in [-0.4, -0.2) is 58.9 Å². The Hall–Kier alpha value is -3.50. The molecule has 0 spiro atoms. The van der Waals surface area contributed by atoms with Crippen molar-refractivity contribution in [2.75, 3.05) is 6.54 Å². The number of nitrogens with one attached hydrogen (secondary N) is 2. The number of rotatable bonds is 11. The fraction of sp³-hybridized carbons (Fsp3) is 0.583. The Morgan fingerprint density at radius 3 is 2.06 bits per heavy atom. The van der Waals surface area contributed by atoms with Crippen LogP contribution in [0.25, 0.3) is 0 Å². The van der Waals surface area contributed by atoms with Crippen molar-refractivity contribution in [2.24, 2.45) is 16.5 Å². The van der Waals surface area contributed by atoms with Crippen molar-refractivity contribution in [3.8, 4) is 5.75 Å². The monoisotopic (exact) mass is 493 g/mol. The van der Waals surface area contributed by atoms with Crippen molar-refractivity contribution < 1.29 is 29.0 Å². The van der Waals surface area contributed by atoms with Gasteiger partial charge in [-0.3, -0.25) is 9.79 Å². The molecule has 2 atom stereocenters. The number of guanidine groups is 1. The Morgan fingerprint density at radius 2 is 1.57 bits per heavy atom. The number of carbonyl (C=O) groups excluding carboxylic acids is 2. The minimum Gasteiger partial charge on any atom is -0.488 e. The molecular weight excluding hydrogens is 454 g/mol. The van der Waals surface area contributed by atoms with E-state index in [4.69, 9.17) is 20.9 Å². The maximum Gasteiger partial charge on any atom is 0.408 e. The molecule has 0 aromatic heterocycles. The summed E-state index contributed by atoms with van der Waals surface area (Å²) in [6.45, 7) is 11.1. The standard InChI is InChI=1S/C24H39N5O6/c1-23(2,3)34-16-11-9-15(10-12-16)14-18(29-22(33)35-24(4,5)6)19(30)28-17(20(31)32)8-7-13-27-21(25)26/h9-12,17-18H,7-8,13-14H2,1-6H3,(H,28,30)(H,29,33)(H,31,32)(H4,25,26,27). The second-order valence-corrected chi connectivity index (χ2v) is 10.1. The van der Waals surface area contributed by atoms with Gasteiger partial charge in [0.2, 0.25) is 5.91 Å². The summed E-state index contributed by atoms with van der Waals surface area (Å²) in [5.74, 6) is -1.29.